The minimum absolute atomic E-state index is 0.0760. The van der Waals surface area contributed by atoms with Gasteiger partial charge in [-0.3, -0.25) is 9.59 Å². The molecule has 2 amide bonds. The van der Waals surface area contributed by atoms with Crippen molar-refractivity contribution in [2.45, 2.75) is 19.4 Å². The van der Waals surface area contributed by atoms with Crippen LogP contribution in [0.5, 0.6) is 0 Å². The molecule has 1 aliphatic rings. The van der Waals surface area contributed by atoms with Crippen molar-refractivity contribution in [1.29, 1.82) is 0 Å². The number of carbonyl (C=O) groups excluding carboxylic acids is 2. The predicted molar refractivity (Wildman–Crippen MR) is 106 cm³/mol. The molecule has 0 aliphatic carbocycles. The largest absolute Gasteiger partial charge is 0.354 e. The standard InChI is InChI=1S/C22H21FN4O2/c1-15-19(14-25-27(15)18-9-7-17(23)8-10-18)22(29)26-12-11-24-21(28)13-20(26)16-5-3-2-4-6-16/h2-10,14,20H,11-13H2,1H3,(H,24,28). The number of amides is 2. The summed E-state index contributed by atoms with van der Waals surface area (Å²) in [6, 6.07) is 15.2. The molecule has 29 heavy (non-hydrogen) atoms. The lowest BCUT2D eigenvalue weighted by molar-refractivity contribution is -0.121. The molecule has 3 aromatic rings. The molecule has 1 aliphatic heterocycles. The van der Waals surface area contributed by atoms with Gasteiger partial charge in [-0.05, 0) is 36.8 Å². The molecule has 1 aromatic heterocycles. The maximum absolute atomic E-state index is 13.4. The van der Waals surface area contributed by atoms with E-state index in [4.69, 9.17) is 0 Å². The van der Waals surface area contributed by atoms with Gasteiger partial charge in [0.1, 0.15) is 5.82 Å². The summed E-state index contributed by atoms with van der Waals surface area (Å²) in [6.07, 6.45) is 1.74. The number of nitrogens with zero attached hydrogens (tertiary/aromatic N) is 3. The third kappa shape index (κ3) is 3.76. The fourth-order valence-electron chi connectivity index (χ4n) is 3.66. The highest BCUT2D eigenvalue weighted by atomic mass is 19.1. The van der Waals surface area contributed by atoms with Gasteiger partial charge in [-0.25, -0.2) is 9.07 Å². The minimum Gasteiger partial charge on any atom is -0.354 e. The summed E-state index contributed by atoms with van der Waals surface area (Å²) < 4.78 is 14.8. The van der Waals surface area contributed by atoms with Crippen LogP contribution in [0.4, 0.5) is 4.39 Å². The van der Waals surface area contributed by atoms with E-state index < -0.39 is 0 Å². The first-order valence-corrected chi connectivity index (χ1v) is 9.48. The number of nitrogens with one attached hydrogen (secondary N) is 1. The van der Waals surface area contributed by atoms with Gasteiger partial charge in [-0.15, -0.1) is 0 Å². The number of aromatic nitrogens is 2. The minimum atomic E-state index is -0.347. The van der Waals surface area contributed by atoms with Crippen molar-refractivity contribution >= 4 is 11.8 Å². The summed E-state index contributed by atoms with van der Waals surface area (Å²) in [7, 11) is 0. The molecule has 4 rings (SSSR count). The Hall–Kier alpha value is -3.48. The third-order valence-electron chi connectivity index (χ3n) is 5.19. The van der Waals surface area contributed by atoms with Crippen molar-refractivity contribution in [3.63, 3.8) is 0 Å². The molecule has 0 bridgehead atoms. The maximum Gasteiger partial charge on any atom is 0.257 e. The van der Waals surface area contributed by atoms with Gasteiger partial charge in [0, 0.05) is 13.1 Å². The van der Waals surface area contributed by atoms with Gasteiger partial charge in [-0.2, -0.15) is 5.10 Å². The second-order valence-electron chi connectivity index (χ2n) is 7.01. The lowest BCUT2D eigenvalue weighted by Crippen LogP contribution is -2.36. The molecule has 1 unspecified atom stereocenters. The van der Waals surface area contributed by atoms with Crippen molar-refractivity contribution in [1.82, 2.24) is 20.0 Å². The first-order valence-electron chi connectivity index (χ1n) is 9.48. The lowest BCUT2D eigenvalue weighted by Gasteiger charge is -2.29. The van der Waals surface area contributed by atoms with Crippen LogP contribution in [0.25, 0.3) is 5.69 Å². The van der Waals surface area contributed by atoms with Crippen LogP contribution in [-0.4, -0.2) is 39.6 Å². The SMILES string of the molecule is Cc1c(C(=O)N2CCNC(=O)CC2c2ccccc2)cnn1-c1ccc(F)cc1. The zero-order valence-electron chi connectivity index (χ0n) is 16.0. The summed E-state index contributed by atoms with van der Waals surface area (Å²) in [6.45, 7) is 2.62. The average molecular weight is 392 g/mol. The lowest BCUT2D eigenvalue weighted by atomic mass is 10.0. The van der Waals surface area contributed by atoms with Gasteiger partial charge in [-0.1, -0.05) is 30.3 Å². The van der Waals surface area contributed by atoms with Crippen molar-refractivity contribution in [3.8, 4) is 5.69 Å². The molecule has 6 nitrogen and oxygen atoms in total. The van der Waals surface area contributed by atoms with Gasteiger partial charge in [0.2, 0.25) is 5.91 Å². The van der Waals surface area contributed by atoms with Gasteiger partial charge < -0.3 is 10.2 Å². The van der Waals surface area contributed by atoms with E-state index in [1.165, 1.54) is 18.3 Å². The molecule has 0 spiro atoms. The summed E-state index contributed by atoms with van der Waals surface area (Å²) in [5.41, 5.74) is 2.72. The Morgan fingerprint density at radius 3 is 2.59 bits per heavy atom. The van der Waals surface area contributed by atoms with E-state index in [0.29, 0.717) is 30.0 Å². The smallest absolute Gasteiger partial charge is 0.257 e. The topological polar surface area (TPSA) is 67.2 Å². The molecule has 1 atom stereocenters. The molecular formula is C22H21FN4O2. The fourth-order valence-corrected chi connectivity index (χ4v) is 3.66. The highest BCUT2D eigenvalue weighted by molar-refractivity contribution is 5.96. The highest BCUT2D eigenvalue weighted by Gasteiger charge is 2.32. The molecule has 2 heterocycles. The number of carbonyl (C=O) groups is 2. The van der Waals surface area contributed by atoms with Crippen molar-refractivity contribution < 1.29 is 14.0 Å². The van der Waals surface area contributed by atoms with Crippen LogP contribution in [0, 0.1) is 12.7 Å². The summed E-state index contributed by atoms with van der Waals surface area (Å²) in [4.78, 5) is 27.3. The quantitative estimate of drug-likeness (QED) is 0.745. The summed E-state index contributed by atoms with van der Waals surface area (Å²) in [5.74, 6) is -0.587. The van der Waals surface area contributed by atoms with E-state index in [9.17, 15) is 14.0 Å². The maximum atomic E-state index is 13.4. The zero-order chi connectivity index (χ0) is 20.4. The molecular weight excluding hydrogens is 371 g/mol. The van der Waals surface area contributed by atoms with E-state index in [1.807, 2.05) is 37.3 Å². The Labute approximate surface area is 167 Å². The number of hydrogen-bond donors (Lipinski definition) is 1. The first-order chi connectivity index (χ1) is 14.0. The molecule has 2 aromatic carbocycles. The second kappa shape index (κ2) is 7.87. The Morgan fingerprint density at radius 2 is 1.86 bits per heavy atom. The van der Waals surface area contributed by atoms with Crippen molar-refractivity contribution in [2.75, 3.05) is 13.1 Å². The Balaban J connectivity index is 1.68. The number of hydrogen-bond acceptors (Lipinski definition) is 3. The Kier molecular flexibility index (Phi) is 5.12. The van der Waals surface area contributed by atoms with Crippen molar-refractivity contribution in [2.24, 2.45) is 0 Å². The molecule has 1 fully saturated rings. The van der Waals surface area contributed by atoms with Gasteiger partial charge in [0.15, 0.2) is 0 Å². The van der Waals surface area contributed by atoms with Crippen LogP contribution in [0.1, 0.15) is 34.1 Å². The highest BCUT2D eigenvalue weighted by Crippen LogP contribution is 2.28. The number of benzene rings is 2. The fraction of sp³-hybridized carbons (Fsp3) is 0.227. The van der Waals surface area contributed by atoms with Gasteiger partial charge in [0.25, 0.3) is 5.91 Å². The monoisotopic (exact) mass is 392 g/mol. The average Bonchev–Trinajstić information content (AvgIpc) is 3.00. The van der Waals surface area contributed by atoms with E-state index in [-0.39, 0.29) is 30.1 Å². The normalized spacial score (nSPS) is 17.0. The molecule has 1 saturated heterocycles. The molecule has 1 N–H and O–H groups in total. The first kappa shape index (κ1) is 18.9. The van der Waals surface area contributed by atoms with E-state index in [2.05, 4.69) is 10.4 Å². The van der Waals surface area contributed by atoms with Crippen LogP contribution < -0.4 is 5.32 Å². The summed E-state index contributed by atoms with van der Waals surface area (Å²) >= 11 is 0. The van der Waals surface area contributed by atoms with Crippen LogP contribution in [0.3, 0.4) is 0 Å². The van der Waals surface area contributed by atoms with Gasteiger partial charge >= 0.3 is 0 Å². The molecule has 0 saturated carbocycles. The Bertz CT molecular complexity index is 1030. The molecule has 7 heteroatoms. The predicted octanol–water partition coefficient (Wildman–Crippen LogP) is 3.02. The van der Waals surface area contributed by atoms with E-state index >= 15 is 0 Å². The van der Waals surface area contributed by atoms with Gasteiger partial charge in [0.05, 0.1) is 35.6 Å². The van der Waals surface area contributed by atoms with Crippen LogP contribution in [0.2, 0.25) is 0 Å². The molecule has 0 radical (unpaired) electrons. The second-order valence-corrected chi connectivity index (χ2v) is 7.01. The van der Waals surface area contributed by atoms with Crippen LogP contribution in [-0.2, 0) is 4.79 Å². The molecule has 148 valence electrons. The Morgan fingerprint density at radius 1 is 1.14 bits per heavy atom. The van der Waals surface area contributed by atoms with Crippen LogP contribution >= 0.6 is 0 Å². The number of rotatable bonds is 3. The van der Waals surface area contributed by atoms with Crippen LogP contribution in [0.15, 0.2) is 60.8 Å². The zero-order valence-corrected chi connectivity index (χ0v) is 16.0. The van der Waals surface area contributed by atoms with E-state index in [1.54, 1.807) is 21.7 Å². The van der Waals surface area contributed by atoms with Crippen molar-refractivity contribution in [3.05, 3.63) is 83.4 Å². The third-order valence-corrected chi connectivity index (χ3v) is 5.19. The van der Waals surface area contributed by atoms with E-state index in [0.717, 1.165) is 5.56 Å². The number of halogens is 1. The summed E-state index contributed by atoms with van der Waals surface area (Å²) in [5, 5.41) is 7.17.